The minimum Gasteiger partial charge on any atom is -0.325 e. The molecule has 0 radical (unpaired) electrons. The molecule has 2 aromatic carbocycles. The lowest BCUT2D eigenvalue weighted by atomic mass is 10.2. The molecule has 1 amide bonds. The van der Waals surface area contributed by atoms with Crippen LogP contribution in [0.5, 0.6) is 0 Å². The van der Waals surface area contributed by atoms with Crippen molar-refractivity contribution in [3.05, 3.63) is 59.1 Å². The number of thioether (sulfide) groups is 1. The molecule has 0 aliphatic rings. The summed E-state index contributed by atoms with van der Waals surface area (Å²) in [6.07, 6.45) is 0. The normalized spacial score (nSPS) is 11.6. The van der Waals surface area contributed by atoms with E-state index in [2.05, 4.69) is 21.6 Å². The number of hydrogen-bond acceptors (Lipinski definition) is 5. The van der Waals surface area contributed by atoms with Crippen LogP contribution in [0.4, 0.5) is 5.69 Å². The summed E-state index contributed by atoms with van der Waals surface area (Å²) in [5.74, 6) is 0.539. The van der Waals surface area contributed by atoms with E-state index in [1.165, 1.54) is 11.8 Å². The van der Waals surface area contributed by atoms with Crippen molar-refractivity contribution in [1.29, 1.82) is 5.26 Å². The molecule has 0 aliphatic carbocycles. The van der Waals surface area contributed by atoms with Gasteiger partial charge >= 0.3 is 0 Å². The second kappa shape index (κ2) is 8.91. The highest BCUT2D eigenvalue weighted by atomic mass is 35.5. The molecule has 1 atom stereocenters. The van der Waals surface area contributed by atoms with E-state index in [1.54, 1.807) is 30.3 Å². The number of hydrogen-bond donors (Lipinski definition) is 1. The smallest absolute Gasteiger partial charge is 0.237 e. The maximum atomic E-state index is 12.5. The topological polar surface area (TPSA) is 83.6 Å². The third kappa shape index (κ3) is 4.53. The van der Waals surface area contributed by atoms with Gasteiger partial charge in [0.25, 0.3) is 0 Å². The molecular formula is C20H18ClN5OS. The molecule has 0 saturated heterocycles. The Hall–Kier alpha value is -2.82. The summed E-state index contributed by atoms with van der Waals surface area (Å²) < 4.78 is 1.95. The number of aromatic nitrogens is 3. The van der Waals surface area contributed by atoms with Gasteiger partial charge in [0, 0.05) is 22.8 Å². The molecule has 3 rings (SSSR count). The zero-order chi connectivity index (χ0) is 20.1. The van der Waals surface area contributed by atoms with Crippen LogP contribution in [0.2, 0.25) is 5.02 Å². The van der Waals surface area contributed by atoms with Gasteiger partial charge in [-0.05, 0) is 44.2 Å². The summed E-state index contributed by atoms with van der Waals surface area (Å²) in [5.41, 5.74) is 1.96. The van der Waals surface area contributed by atoms with Gasteiger partial charge in [-0.25, -0.2) is 0 Å². The summed E-state index contributed by atoms with van der Waals surface area (Å²) >= 11 is 7.42. The third-order valence-corrected chi connectivity index (χ3v) is 5.34. The van der Waals surface area contributed by atoms with Gasteiger partial charge in [-0.15, -0.1) is 10.2 Å². The fourth-order valence-electron chi connectivity index (χ4n) is 2.62. The van der Waals surface area contributed by atoms with Crippen LogP contribution in [0.15, 0.2) is 53.7 Å². The van der Waals surface area contributed by atoms with Gasteiger partial charge in [-0.3, -0.25) is 4.79 Å². The van der Waals surface area contributed by atoms with E-state index in [4.69, 9.17) is 16.9 Å². The number of nitriles is 1. The minimum absolute atomic E-state index is 0.171. The second-order valence-corrected chi connectivity index (χ2v) is 7.75. The highest BCUT2D eigenvalue weighted by Gasteiger charge is 2.20. The first kappa shape index (κ1) is 19.9. The van der Waals surface area contributed by atoms with Crippen molar-refractivity contribution in [2.24, 2.45) is 0 Å². The first-order valence-corrected chi connectivity index (χ1v) is 9.94. The number of halogens is 1. The largest absolute Gasteiger partial charge is 0.325 e. The summed E-state index contributed by atoms with van der Waals surface area (Å²) in [4.78, 5) is 12.5. The number of nitrogens with zero attached hydrogens (tertiary/aromatic N) is 4. The highest BCUT2D eigenvalue weighted by molar-refractivity contribution is 8.00. The van der Waals surface area contributed by atoms with E-state index in [9.17, 15) is 4.79 Å². The lowest BCUT2D eigenvalue weighted by molar-refractivity contribution is -0.115. The predicted octanol–water partition coefficient (Wildman–Crippen LogP) is 4.61. The van der Waals surface area contributed by atoms with Crippen LogP contribution >= 0.6 is 23.4 Å². The molecule has 0 bridgehead atoms. The molecule has 0 spiro atoms. The number of carbonyl (C=O) groups excluding carboxylic acids is 1. The first-order chi connectivity index (χ1) is 13.5. The number of benzene rings is 2. The quantitative estimate of drug-likeness (QED) is 0.599. The van der Waals surface area contributed by atoms with Crippen LogP contribution in [0.25, 0.3) is 11.4 Å². The zero-order valence-electron chi connectivity index (χ0n) is 15.4. The van der Waals surface area contributed by atoms with Crippen LogP contribution in [0.1, 0.15) is 19.4 Å². The van der Waals surface area contributed by atoms with E-state index < -0.39 is 5.25 Å². The average molecular weight is 412 g/mol. The molecule has 1 aromatic heterocycles. The number of nitrogens with one attached hydrogen (secondary N) is 1. The monoisotopic (exact) mass is 411 g/mol. The molecule has 3 aromatic rings. The lowest BCUT2D eigenvalue weighted by Gasteiger charge is -2.13. The predicted molar refractivity (Wildman–Crippen MR) is 111 cm³/mol. The molecule has 0 aliphatic heterocycles. The van der Waals surface area contributed by atoms with Crippen molar-refractivity contribution >= 4 is 35.0 Å². The van der Waals surface area contributed by atoms with Gasteiger partial charge in [0.1, 0.15) is 0 Å². The number of amides is 1. The van der Waals surface area contributed by atoms with Gasteiger partial charge in [-0.2, -0.15) is 5.26 Å². The summed E-state index contributed by atoms with van der Waals surface area (Å²) in [7, 11) is 0. The van der Waals surface area contributed by atoms with Crippen molar-refractivity contribution in [1.82, 2.24) is 14.8 Å². The highest BCUT2D eigenvalue weighted by Crippen LogP contribution is 2.28. The van der Waals surface area contributed by atoms with Crippen molar-refractivity contribution in [3.8, 4) is 17.5 Å². The lowest BCUT2D eigenvalue weighted by Crippen LogP contribution is -2.23. The Morgan fingerprint density at radius 2 is 2.07 bits per heavy atom. The van der Waals surface area contributed by atoms with Gasteiger partial charge in [0.2, 0.25) is 5.91 Å². The molecule has 28 heavy (non-hydrogen) atoms. The molecule has 1 heterocycles. The molecule has 1 N–H and O–H groups in total. The number of anilines is 1. The van der Waals surface area contributed by atoms with Crippen LogP contribution in [-0.4, -0.2) is 25.9 Å². The number of carbonyl (C=O) groups is 1. The Labute approximate surface area is 172 Å². The number of rotatable bonds is 6. The second-order valence-electron chi connectivity index (χ2n) is 6.00. The van der Waals surface area contributed by atoms with Crippen LogP contribution in [0.3, 0.4) is 0 Å². The molecule has 0 fully saturated rings. The van der Waals surface area contributed by atoms with E-state index in [1.807, 2.05) is 36.6 Å². The van der Waals surface area contributed by atoms with Gasteiger partial charge in [0.05, 0.1) is 16.9 Å². The van der Waals surface area contributed by atoms with Crippen LogP contribution < -0.4 is 5.32 Å². The SMILES string of the molecule is CCn1c(S[C@@H](C)C(=O)Nc2cccc(C#N)c2)nnc1-c1cccc(Cl)c1. The molecule has 8 heteroatoms. The molecule has 0 unspecified atom stereocenters. The summed E-state index contributed by atoms with van der Waals surface area (Å²) in [6, 6.07) is 16.3. The van der Waals surface area contributed by atoms with Crippen molar-refractivity contribution in [3.63, 3.8) is 0 Å². The maximum absolute atomic E-state index is 12.5. The van der Waals surface area contributed by atoms with Crippen LogP contribution in [-0.2, 0) is 11.3 Å². The Balaban J connectivity index is 1.75. The van der Waals surface area contributed by atoms with E-state index >= 15 is 0 Å². The van der Waals surface area contributed by atoms with Gasteiger partial charge in [-0.1, -0.05) is 41.6 Å². The molecule has 0 saturated carbocycles. The van der Waals surface area contributed by atoms with Gasteiger partial charge in [0.15, 0.2) is 11.0 Å². The van der Waals surface area contributed by atoms with E-state index in [0.29, 0.717) is 33.8 Å². The summed E-state index contributed by atoms with van der Waals surface area (Å²) in [5, 5.41) is 21.2. The first-order valence-electron chi connectivity index (χ1n) is 8.68. The van der Waals surface area contributed by atoms with Crippen molar-refractivity contribution in [2.45, 2.75) is 30.8 Å². The molecule has 6 nitrogen and oxygen atoms in total. The van der Waals surface area contributed by atoms with Crippen molar-refractivity contribution < 1.29 is 4.79 Å². The fraction of sp³-hybridized carbons (Fsp3) is 0.200. The molecule has 142 valence electrons. The van der Waals surface area contributed by atoms with Gasteiger partial charge < -0.3 is 9.88 Å². The Morgan fingerprint density at radius 3 is 2.79 bits per heavy atom. The third-order valence-electron chi connectivity index (χ3n) is 4.03. The molecular weight excluding hydrogens is 394 g/mol. The van der Waals surface area contributed by atoms with Crippen LogP contribution in [0, 0.1) is 11.3 Å². The Kier molecular flexibility index (Phi) is 6.34. The zero-order valence-corrected chi connectivity index (χ0v) is 17.0. The standard InChI is InChI=1S/C20H18ClN5OS/c1-3-26-18(15-7-5-8-16(21)11-15)24-25-20(26)28-13(2)19(27)23-17-9-4-6-14(10-17)12-22/h4-11,13H,3H2,1-2H3,(H,23,27)/t13-/m0/s1. The Morgan fingerprint density at radius 1 is 1.29 bits per heavy atom. The minimum atomic E-state index is -0.396. The average Bonchev–Trinajstić information content (AvgIpc) is 3.10. The Bertz CT molecular complexity index is 1040. The fourth-order valence-corrected chi connectivity index (χ4v) is 3.73. The summed E-state index contributed by atoms with van der Waals surface area (Å²) in [6.45, 7) is 4.47. The van der Waals surface area contributed by atoms with E-state index in [0.717, 1.165) is 5.56 Å². The van der Waals surface area contributed by atoms with Crippen molar-refractivity contribution in [2.75, 3.05) is 5.32 Å². The maximum Gasteiger partial charge on any atom is 0.237 e. The van der Waals surface area contributed by atoms with E-state index in [-0.39, 0.29) is 5.91 Å².